The van der Waals surface area contributed by atoms with Gasteiger partial charge in [-0.2, -0.15) is 5.10 Å². The van der Waals surface area contributed by atoms with Crippen LogP contribution in [0.5, 0.6) is 0 Å². The fourth-order valence-electron chi connectivity index (χ4n) is 2.67. The molecule has 20 heavy (non-hydrogen) atoms. The van der Waals surface area contributed by atoms with Crippen LogP contribution in [0.4, 0.5) is 0 Å². The van der Waals surface area contributed by atoms with Crippen molar-refractivity contribution in [3.8, 4) is 0 Å². The van der Waals surface area contributed by atoms with Gasteiger partial charge in [0.1, 0.15) is 6.04 Å². The first-order chi connectivity index (χ1) is 9.49. The molecule has 1 aromatic rings. The zero-order valence-electron chi connectivity index (χ0n) is 12.0. The van der Waals surface area contributed by atoms with E-state index in [0.29, 0.717) is 0 Å². The molecule has 0 aliphatic carbocycles. The van der Waals surface area contributed by atoms with Gasteiger partial charge < -0.3 is 14.8 Å². The monoisotopic (exact) mass is 278 g/mol. The summed E-state index contributed by atoms with van der Waals surface area (Å²) in [6.45, 7) is 5.01. The molecule has 1 fully saturated rings. The minimum atomic E-state index is -1.26. The molecule has 6 heteroatoms. The Kier molecular flexibility index (Phi) is 4.42. The molecule has 0 saturated carbocycles. The first-order valence-corrected chi connectivity index (χ1v) is 7.00. The van der Waals surface area contributed by atoms with Crippen LogP contribution in [-0.2, 0) is 9.59 Å². The van der Waals surface area contributed by atoms with Crippen LogP contribution in [0.3, 0.4) is 0 Å². The Morgan fingerprint density at radius 1 is 1.30 bits per heavy atom. The summed E-state index contributed by atoms with van der Waals surface area (Å²) in [6.07, 6.45) is 3.01. The van der Waals surface area contributed by atoms with E-state index in [-0.39, 0.29) is 12.3 Å². The topological polar surface area (TPSA) is 78.3 Å². The van der Waals surface area contributed by atoms with Gasteiger partial charge in [-0.3, -0.25) is 9.48 Å². The van der Waals surface area contributed by atoms with Crippen LogP contribution in [0.15, 0.2) is 6.07 Å². The van der Waals surface area contributed by atoms with Gasteiger partial charge >= 0.3 is 0 Å². The molecule has 2 rings (SSSR count). The molecule has 110 valence electrons. The van der Waals surface area contributed by atoms with Gasteiger partial charge in [0.05, 0.1) is 18.1 Å². The standard InChI is InChI=1S/C14H21N3O3/c1-10-8-11(2)17(15-10)12(14(19)20)9-13(18)16-6-4-3-5-7-16/h8,12H,3-7,9H2,1-2H3,(H,19,20)/p-1. The van der Waals surface area contributed by atoms with E-state index in [1.807, 2.05) is 0 Å². The number of rotatable bonds is 4. The molecule has 0 radical (unpaired) electrons. The van der Waals surface area contributed by atoms with Crippen LogP contribution in [0.2, 0.25) is 0 Å². The summed E-state index contributed by atoms with van der Waals surface area (Å²) in [5.41, 5.74) is 1.46. The second-order valence-electron chi connectivity index (χ2n) is 5.35. The number of carbonyl (C=O) groups is 2. The lowest BCUT2D eigenvalue weighted by Crippen LogP contribution is -2.41. The summed E-state index contributed by atoms with van der Waals surface area (Å²) in [7, 11) is 0. The molecule has 1 amide bonds. The average molecular weight is 278 g/mol. The van der Waals surface area contributed by atoms with Gasteiger partial charge in [0.15, 0.2) is 0 Å². The molecular weight excluding hydrogens is 258 g/mol. The maximum absolute atomic E-state index is 12.2. The first-order valence-electron chi connectivity index (χ1n) is 7.00. The third kappa shape index (κ3) is 3.18. The quantitative estimate of drug-likeness (QED) is 0.788. The van der Waals surface area contributed by atoms with E-state index in [1.165, 1.54) is 4.68 Å². The smallest absolute Gasteiger partial charge is 0.225 e. The Hall–Kier alpha value is -1.85. The fraction of sp³-hybridized carbons (Fsp3) is 0.643. The Balaban J connectivity index is 2.11. The molecule has 0 N–H and O–H groups in total. The van der Waals surface area contributed by atoms with Crippen molar-refractivity contribution in [1.82, 2.24) is 14.7 Å². The van der Waals surface area contributed by atoms with Crippen LogP contribution >= 0.6 is 0 Å². The van der Waals surface area contributed by atoms with Crippen molar-refractivity contribution in [3.05, 3.63) is 17.5 Å². The van der Waals surface area contributed by atoms with Crippen molar-refractivity contribution in [3.63, 3.8) is 0 Å². The second-order valence-corrected chi connectivity index (χ2v) is 5.35. The number of hydrogen-bond acceptors (Lipinski definition) is 4. The summed E-state index contributed by atoms with van der Waals surface area (Å²) in [5, 5.41) is 15.5. The lowest BCUT2D eigenvalue weighted by atomic mass is 10.1. The number of carbonyl (C=O) groups excluding carboxylic acids is 2. The van der Waals surface area contributed by atoms with Gasteiger partial charge in [-0.15, -0.1) is 0 Å². The molecule has 0 bridgehead atoms. The number of carboxylic acid groups (broad SMARTS) is 1. The van der Waals surface area contributed by atoms with Crippen LogP contribution in [0.25, 0.3) is 0 Å². The number of aromatic nitrogens is 2. The Morgan fingerprint density at radius 2 is 1.95 bits per heavy atom. The predicted octanol–water partition coefficient (Wildman–Crippen LogP) is 0.194. The maximum Gasteiger partial charge on any atom is 0.225 e. The minimum Gasteiger partial charge on any atom is -0.548 e. The summed E-state index contributed by atoms with van der Waals surface area (Å²) in [4.78, 5) is 25.3. The van der Waals surface area contributed by atoms with Crippen molar-refractivity contribution in [2.75, 3.05) is 13.1 Å². The third-order valence-corrected chi connectivity index (χ3v) is 3.69. The normalized spacial score (nSPS) is 17.0. The van der Waals surface area contributed by atoms with Crippen molar-refractivity contribution in [2.45, 2.75) is 45.6 Å². The number of carboxylic acids is 1. The fourth-order valence-corrected chi connectivity index (χ4v) is 2.67. The van der Waals surface area contributed by atoms with Gasteiger partial charge in [-0.25, -0.2) is 0 Å². The number of amides is 1. The lowest BCUT2D eigenvalue weighted by molar-refractivity contribution is -0.310. The highest BCUT2D eigenvalue weighted by atomic mass is 16.4. The Morgan fingerprint density at radius 3 is 2.45 bits per heavy atom. The summed E-state index contributed by atoms with van der Waals surface area (Å²) in [5.74, 6) is -1.40. The molecular formula is C14H20N3O3-. The summed E-state index contributed by atoms with van der Waals surface area (Å²) in [6, 6.07) is 0.763. The second kappa shape index (κ2) is 6.07. The average Bonchev–Trinajstić information content (AvgIpc) is 2.75. The van der Waals surface area contributed by atoms with Crippen LogP contribution < -0.4 is 5.11 Å². The predicted molar refractivity (Wildman–Crippen MR) is 70.8 cm³/mol. The molecule has 1 aromatic heterocycles. The number of likely N-dealkylation sites (tertiary alicyclic amines) is 1. The molecule has 1 aliphatic rings. The highest BCUT2D eigenvalue weighted by Gasteiger charge is 2.24. The van der Waals surface area contributed by atoms with Crippen molar-refractivity contribution < 1.29 is 14.7 Å². The van der Waals surface area contributed by atoms with E-state index < -0.39 is 12.0 Å². The number of aryl methyl sites for hydroxylation is 2. The van der Waals surface area contributed by atoms with E-state index in [9.17, 15) is 14.7 Å². The maximum atomic E-state index is 12.2. The first kappa shape index (κ1) is 14.6. The molecule has 0 aromatic carbocycles. The molecule has 0 spiro atoms. The highest BCUT2D eigenvalue weighted by molar-refractivity contribution is 5.82. The number of aliphatic carboxylic acids is 1. The Bertz CT molecular complexity index is 504. The van der Waals surface area contributed by atoms with E-state index in [4.69, 9.17) is 0 Å². The van der Waals surface area contributed by atoms with Crippen molar-refractivity contribution in [2.24, 2.45) is 0 Å². The molecule has 1 unspecified atom stereocenters. The summed E-state index contributed by atoms with van der Waals surface area (Å²) < 4.78 is 1.38. The van der Waals surface area contributed by atoms with E-state index in [0.717, 1.165) is 43.7 Å². The van der Waals surface area contributed by atoms with Gasteiger partial charge in [0, 0.05) is 18.8 Å². The molecule has 2 heterocycles. The SMILES string of the molecule is Cc1cc(C)n(C(CC(=O)N2CCCCC2)C(=O)[O-])n1. The van der Waals surface area contributed by atoms with E-state index >= 15 is 0 Å². The number of piperidine rings is 1. The molecule has 1 saturated heterocycles. The van der Waals surface area contributed by atoms with Gasteiger partial charge in [-0.1, -0.05) is 0 Å². The van der Waals surface area contributed by atoms with Gasteiger partial charge in [0.25, 0.3) is 0 Å². The van der Waals surface area contributed by atoms with Gasteiger partial charge in [-0.05, 0) is 39.2 Å². The van der Waals surface area contributed by atoms with Crippen LogP contribution in [0, 0.1) is 13.8 Å². The zero-order chi connectivity index (χ0) is 14.7. The van der Waals surface area contributed by atoms with Crippen molar-refractivity contribution in [1.29, 1.82) is 0 Å². The van der Waals surface area contributed by atoms with E-state index in [1.54, 1.807) is 24.8 Å². The molecule has 6 nitrogen and oxygen atoms in total. The lowest BCUT2D eigenvalue weighted by Gasteiger charge is -2.29. The molecule has 1 aliphatic heterocycles. The van der Waals surface area contributed by atoms with Crippen LogP contribution in [0.1, 0.15) is 43.1 Å². The van der Waals surface area contributed by atoms with Crippen LogP contribution in [-0.4, -0.2) is 39.6 Å². The highest BCUT2D eigenvalue weighted by Crippen LogP contribution is 2.18. The van der Waals surface area contributed by atoms with Gasteiger partial charge in [0.2, 0.25) is 5.91 Å². The summed E-state index contributed by atoms with van der Waals surface area (Å²) >= 11 is 0. The van der Waals surface area contributed by atoms with Crippen molar-refractivity contribution >= 4 is 11.9 Å². The number of hydrogen-bond donors (Lipinski definition) is 0. The molecule has 1 atom stereocenters. The minimum absolute atomic E-state index is 0.0930. The zero-order valence-corrected chi connectivity index (χ0v) is 12.0. The Labute approximate surface area is 118 Å². The third-order valence-electron chi connectivity index (χ3n) is 3.69. The largest absolute Gasteiger partial charge is 0.548 e. The van der Waals surface area contributed by atoms with E-state index in [2.05, 4.69) is 5.10 Å². The number of nitrogens with zero attached hydrogens (tertiary/aromatic N) is 3.